The number of hydrogen-bond donors (Lipinski definition) is 1. The predicted molar refractivity (Wildman–Crippen MR) is 95.8 cm³/mol. The number of hydrogen-bond acceptors (Lipinski definition) is 4. The van der Waals surface area contributed by atoms with E-state index in [0.29, 0.717) is 18.8 Å². The Balaban J connectivity index is 2.03. The molecule has 1 saturated carbocycles. The third-order valence-electron chi connectivity index (χ3n) is 7.36. The van der Waals surface area contributed by atoms with Crippen molar-refractivity contribution in [2.45, 2.75) is 64.9 Å². The van der Waals surface area contributed by atoms with Crippen LogP contribution in [0.15, 0.2) is 23.8 Å². The van der Waals surface area contributed by atoms with Gasteiger partial charge in [0.05, 0.1) is 19.6 Å². The molecular formula is C21H30O4. The first-order chi connectivity index (χ1) is 11.8. The Labute approximate surface area is 150 Å². The summed E-state index contributed by atoms with van der Waals surface area (Å²) < 4.78 is 4.88. The maximum absolute atomic E-state index is 12.9. The predicted octanol–water partition coefficient (Wildman–Crippen LogP) is 3.59. The van der Waals surface area contributed by atoms with Gasteiger partial charge in [-0.2, -0.15) is 0 Å². The Hall–Kier alpha value is -1.42. The highest BCUT2D eigenvalue weighted by atomic mass is 16.5. The zero-order valence-electron chi connectivity index (χ0n) is 15.6. The Morgan fingerprint density at radius 2 is 2.08 bits per heavy atom. The van der Waals surface area contributed by atoms with Crippen molar-refractivity contribution < 1.29 is 19.4 Å². The van der Waals surface area contributed by atoms with Crippen molar-refractivity contribution in [1.29, 1.82) is 0 Å². The standard InChI is InChI=1S/C21H30O4/c1-5-13-6-7-15-14(10-13)16(22)11-17-20(15,2)9-8-18(23)21(17,3)12-19(24)25-4/h5,13,17-18,23H,1,6-12H2,2-4H3. The second-order valence-electron chi connectivity index (χ2n) is 8.61. The number of esters is 1. The minimum absolute atomic E-state index is 0.0191. The fourth-order valence-electron chi connectivity index (χ4n) is 5.73. The second kappa shape index (κ2) is 6.39. The van der Waals surface area contributed by atoms with Crippen molar-refractivity contribution in [3.8, 4) is 0 Å². The maximum Gasteiger partial charge on any atom is 0.306 e. The lowest BCUT2D eigenvalue weighted by Gasteiger charge is -2.58. The second-order valence-corrected chi connectivity index (χ2v) is 8.61. The normalized spacial score (nSPS) is 41.0. The molecule has 3 aliphatic rings. The van der Waals surface area contributed by atoms with E-state index in [0.717, 1.165) is 31.3 Å². The van der Waals surface area contributed by atoms with Crippen LogP contribution in [0.25, 0.3) is 0 Å². The number of Topliss-reactive ketones (excluding diaryl/α,β-unsaturated/α-hetero) is 1. The van der Waals surface area contributed by atoms with E-state index in [1.807, 2.05) is 13.0 Å². The van der Waals surface area contributed by atoms with Crippen molar-refractivity contribution in [2.24, 2.45) is 22.7 Å². The quantitative estimate of drug-likeness (QED) is 0.626. The summed E-state index contributed by atoms with van der Waals surface area (Å²) in [5.74, 6) is 0.260. The van der Waals surface area contributed by atoms with E-state index in [2.05, 4.69) is 13.5 Å². The number of methoxy groups -OCH3 is 1. The van der Waals surface area contributed by atoms with E-state index in [9.17, 15) is 14.7 Å². The average molecular weight is 346 g/mol. The van der Waals surface area contributed by atoms with Crippen molar-refractivity contribution in [3.63, 3.8) is 0 Å². The van der Waals surface area contributed by atoms with Gasteiger partial charge in [-0.1, -0.05) is 25.5 Å². The molecule has 0 bridgehead atoms. The summed E-state index contributed by atoms with van der Waals surface area (Å²) in [4.78, 5) is 25.0. The van der Waals surface area contributed by atoms with Crippen LogP contribution in [0, 0.1) is 22.7 Å². The number of rotatable bonds is 3. The smallest absolute Gasteiger partial charge is 0.306 e. The van der Waals surface area contributed by atoms with Crippen molar-refractivity contribution >= 4 is 11.8 Å². The van der Waals surface area contributed by atoms with Gasteiger partial charge in [0.2, 0.25) is 0 Å². The van der Waals surface area contributed by atoms with Gasteiger partial charge in [0.1, 0.15) is 0 Å². The molecule has 3 rings (SSSR count). The molecule has 0 aromatic rings. The van der Waals surface area contributed by atoms with Crippen LogP contribution in [-0.2, 0) is 14.3 Å². The lowest BCUT2D eigenvalue weighted by molar-refractivity contribution is -0.158. The molecule has 0 aromatic heterocycles. The third-order valence-corrected chi connectivity index (χ3v) is 7.36. The summed E-state index contributed by atoms with van der Waals surface area (Å²) in [6.45, 7) is 8.11. The van der Waals surface area contributed by atoms with Crippen molar-refractivity contribution in [3.05, 3.63) is 23.8 Å². The molecule has 0 aliphatic heterocycles. The lowest BCUT2D eigenvalue weighted by Crippen LogP contribution is -2.56. The van der Waals surface area contributed by atoms with Gasteiger partial charge in [-0.25, -0.2) is 0 Å². The number of carbonyl (C=O) groups is 2. The van der Waals surface area contributed by atoms with Gasteiger partial charge in [0.25, 0.3) is 0 Å². The highest BCUT2D eigenvalue weighted by Crippen LogP contribution is 2.62. The van der Waals surface area contributed by atoms with Crippen LogP contribution in [-0.4, -0.2) is 30.1 Å². The van der Waals surface area contributed by atoms with Gasteiger partial charge in [-0.05, 0) is 54.9 Å². The average Bonchev–Trinajstić information content (AvgIpc) is 2.61. The summed E-state index contributed by atoms with van der Waals surface area (Å²) in [7, 11) is 1.38. The number of allylic oxidation sites excluding steroid dienone is 3. The SMILES string of the molecule is C=CC1CCC2=C(C1)C(=O)CC1C2(C)CCC(O)C1(C)CC(=O)OC. The number of aliphatic hydroxyl groups excluding tert-OH is 1. The van der Waals surface area contributed by atoms with Crippen LogP contribution in [0.3, 0.4) is 0 Å². The molecule has 0 spiro atoms. The highest BCUT2D eigenvalue weighted by molar-refractivity contribution is 5.98. The number of ketones is 1. The van der Waals surface area contributed by atoms with Crippen LogP contribution in [0.1, 0.15) is 58.8 Å². The van der Waals surface area contributed by atoms with E-state index in [4.69, 9.17) is 4.74 Å². The van der Waals surface area contributed by atoms with Crippen LogP contribution < -0.4 is 0 Å². The Bertz CT molecular complexity index is 634. The Morgan fingerprint density at radius 1 is 1.36 bits per heavy atom. The molecule has 3 aliphatic carbocycles. The van der Waals surface area contributed by atoms with Gasteiger partial charge < -0.3 is 9.84 Å². The van der Waals surface area contributed by atoms with Crippen molar-refractivity contribution in [2.75, 3.05) is 7.11 Å². The van der Waals surface area contributed by atoms with Gasteiger partial charge in [-0.15, -0.1) is 6.58 Å². The molecular weight excluding hydrogens is 316 g/mol. The topological polar surface area (TPSA) is 63.6 Å². The molecule has 0 amide bonds. The molecule has 0 saturated heterocycles. The van der Waals surface area contributed by atoms with Gasteiger partial charge in [-0.3, -0.25) is 9.59 Å². The number of fused-ring (bicyclic) bond motifs is 2. The van der Waals surface area contributed by atoms with Crippen LogP contribution >= 0.6 is 0 Å². The van der Waals surface area contributed by atoms with E-state index in [1.165, 1.54) is 12.7 Å². The molecule has 5 unspecified atom stereocenters. The fourth-order valence-corrected chi connectivity index (χ4v) is 5.73. The first-order valence-corrected chi connectivity index (χ1v) is 9.39. The molecule has 1 N–H and O–H groups in total. The van der Waals surface area contributed by atoms with E-state index >= 15 is 0 Å². The molecule has 5 atom stereocenters. The fraction of sp³-hybridized carbons (Fsp3) is 0.714. The first-order valence-electron chi connectivity index (χ1n) is 9.39. The largest absolute Gasteiger partial charge is 0.469 e. The number of ether oxygens (including phenoxy) is 1. The van der Waals surface area contributed by atoms with Gasteiger partial charge >= 0.3 is 5.97 Å². The van der Waals surface area contributed by atoms with E-state index < -0.39 is 11.5 Å². The molecule has 4 heteroatoms. The summed E-state index contributed by atoms with van der Waals surface area (Å²) in [5.41, 5.74) is 1.56. The third kappa shape index (κ3) is 2.79. The molecule has 4 nitrogen and oxygen atoms in total. The van der Waals surface area contributed by atoms with Gasteiger partial charge in [0, 0.05) is 11.8 Å². The minimum Gasteiger partial charge on any atom is -0.469 e. The summed E-state index contributed by atoms with van der Waals surface area (Å²) in [5, 5.41) is 10.7. The molecule has 25 heavy (non-hydrogen) atoms. The number of aliphatic hydroxyl groups is 1. The van der Waals surface area contributed by atoms with E-state index in [1.54, 1.807) is 0 Å². The summed E-state index contributed by atoms with van der Waals surface area (Å²) in [6, 6.07) is 0. The maximum atomic E-state index is 12.9. The molecule has 138 valence electrons. The highest BCUT2D eigenvalue weighted by Gasteiger charge is 2.58. The van der Waals surface area contributed by atoms with Crippen LogP contribution in [0.4, 0.5) is 0 Å². The lowest BCUT2D eigenvalue weighted by atomic mass is 9.46. The Kier molecular flexibility index (Phi) is 4.69. The summed E-state index contributed by atoms with van der Waals surface area (Å²) in [6.07, 6.45) is 6.28. The molecule has 0 radical (unpaired) electrons. The van der Waals surface area contributed by atoms with Gasteiger partial charge in [0.15, 0.2) is 5.78 Å². The minimum atomic E-state index is -0.621. The molecule has 1 fully saturated rings. The van der Waals surface area contributed by atoms with Crippen LogP contribution in [0.5, 0.6) is 0 Å². The van der Waals surface area contributed by atoms with Crippen LogP contribution in [0.2, 0.25) is 0 Å². The number of carbonyl (C=O) groups excluding carboxylic acids is 2. The zero-order chi connectivity index (χ0) is 18.4. The zero-order valence-corrected chi connectivity index (χ0v) is 15.6. The monoisotopic (exact) mass is 346 g/mol. The first kappa shape index (κ1) is 18.4. The molecule has 0 heterocycles. The molecule has 0 aromatic carbocycles. The Morgan fingerprint density at radius 3 is 2.72 bits per heavy atom. The van der Waals surface area contributed by atoms with E-state index in [-0.39, 0.29) is 29.5 Å². The van der Waals surface area contributed by atoms with Crippen molar-refractivity contribution in [1.82, 2.24) is 0 Å². The summed E-state index contributed by atoms with van der Waals surface area (Å²) >= 11 is 0.